The van der Waals surface area contributed by atoms with Gasteiger partial charge in [0.25, 0.3) is 0 Å². The zero-order chi connectivity index (χ0) is 20.0. The van der Waals surface area contributed by atoms with Crippen LogP contribution in [-0.2, 0) is 22.6 Å². The van der Waals surface area contributed by atoms with Crippen LogP contribution in [0.25, 0.3) is 0 Å². The Hall–Kier alpha value is -2.12. The van der Waals surface area contributed by atoms with Gasteiger partial charge >= 0.3 is 6.03 Å². The van der Waals surface area contributed by atoms with Crippen LogP contribution in [0.3, 0.4) is 0 Å². The van der Waals surface area contributed by atoms with Crippen molar-refractivity contribution in [3.63, 3.8) is 0 Å². The first-order chi connectivity index (χ1) is 13.4. The monoisotopic (exact) mass is 388 g/mol. The van der Waals surface area contributed by atoms with E-state index in [1.54, 1.807) is 0 Å². The number of carbonyl (C=O) groups is 2. The van der Waals surface area contributed by atoms with Crippen molar-refractivity contribution in [3.8, 4) is 0 Å². The molecule has 7 heteroatoms. The summed E-state index contributed by atoms with van der Waals surface area (Å²) in [5.74, 6) is 0.228. The van der Waals surface area contributed by atoms with Crippen molar-refractivity contribution < 1.29 is 14.3 Å². The second-order valence-electron chi connectivity index (χ2n) is 8.19. The van der Waals surface area contributed by atoms with Crippen molar-refractivity contribution in [2.45, 2.75) is 45.3 Å². The molecule has 2 N–H and O–H groups in total. The molecule has 0 saturated carbocycles. The van der Waals surface area contributed by atoms with Gasteiger partial charge in [-0.25, -0.2) is 4.79 Å². The van der Waals surface area contributed by atoms with Crippen molar-refractivity contribution in [1.82, 2.24) is 20.4 Å². The number of nitrogens with one attached hydrogen (secondary N) is 2. The zero-order valence-electron chi connectivity index (χ0n) is 17.0. The third kappa shape index (κ3) is 5.69. The van der Waals surface area contributed by atoms with Crippen molar-refractivity contribution >= 4 is 11.9 Å². The van der Waals surface area contributed by atoms with E-state index in [4.69, 9.17) is 4.74 Å². The molecular weight excluding hydrogens is 356 g/mol. The van der Waals surface area contributed by atoms with Crippen LogP contribution in [-0.4, -0.2) is 66.7 Å². The highest BCUT2D eigenvalue weighted by Crippen LogP contribution is 2.16. The molecule has 0 spiro atoms. The average Bonchev–Trinajstić information content (AvgIpc) is 3.10. The summed E-state index contributed by atoms with van der Waals surface area (Å²) in [4.78, 5) is 28.3. The molecule has 28 heavy (non-hydrogen) atoms. The lowest BCUT2D eigenvalue weighted by Gasteiger charge is -2.40. The summed E-state index contributed by atoms with van der Waals surface area (Å²) in [5.41, 5.74) is 2.03. The van der Waals surface area contributed by atoms with Gasteiger partial charge in [-0.3, -0.25) is 9.69 Å². The fourth-order valence-corrected chi connectivity index (χ4v) is 3.75. The maximum Gasteiger partial charge on any atom is 0.315 e. The number of rotatable bonds is 7. The summed E-state index contributed by atoms with van der Waals surface area (Å²) < 4.78 is 5.40. The van der Waals surface area contributed by atoms with E-state index < -0.39 is 0 Å². The summed E-state index contributed by atoms with van der Waals surface area (Å²) in [7, 11) is 0. The van der Waals surface area contributed by atoms with E-state index in [0.29, 0.717) is 26.1 Å². The molecule has 2 aliphatic rings. The number of benzene rings is 1. The average molecular weight is 389 g/mol. The van der Waals surface area contributed by atoms with Crippen LogP contribution in [0.2, 0.25) is 0 Å². The second-order valence-corrected chi connectivity index (χ2v) is 8.19. The Kier molecular flexibility index (Phi) is 6.91. The largest absolute Gasteiger partial charge is 0.379 e. The van der Waals surface area contributed by atoms with Gasteiger partial charge in [-0.2, -0.15) is 0 Å². The van der Waals surface area contributed by atoms with Gasteiger partial charge in [0.1, 0.15) is 0 Å². The van der Waals surface area contributed by atoms with E-state index >= 15 is 0 Å². The maximum absolute atomic E-state index is 12.2. The summed E-state index contributed by atoms with van der Waals surface area (Å²) >= 11 is 0. The molecule has 0 aromatic heterocycles. The topological polar surface area (TPSA) is 73.9 Å². The van der Waals surface area contributed by atoms with Gasteiger partial charge in [0, 0.05) is 51.2 Å². The third-order valence-electron chi connectivity index (χ3n) is 5.54. The van der Waals surface area contributed by atoms with Crippen molar-refractivity contribution in [2.24, 2.45) is 0 Å². The molecule has 0 radical (unpaired) electrons. The highest BCUT2D eigenvalue weighted by molar-refractivity contribution is 5.78. The van der Waals surface area contributed by atoms with Gasteiger partial charge in [0.2, 0.25) is 5.91 Å². The molecule has 0 bridgehead atoms. The minimum absolute atomic E-state index is 0.108. The van der Waals surface area contributed by atoms with Crippen LogP contribution in [0.1, 0.15) is 37.8 Å². The number of urea groups is 1. The summed E-state index contributed by atoms with van der Waals surface area (Å²) in [6.45, 7) is 10.1. The first kappa shape index (κ1) is 20.6. The van der Waals surface area contributed by atoms with Crippen molar-refractivity contribution in [1.29, 1.82) is 0 Å². The highest BCUT2D eigenvalue weighted by atomic mass is 16.5. The van der Waals surface area contributed by atoms with E-state index in [1.807, 2.05) is 23.1 Å². The van der Waals surface area contributed by atoms with Gasteiger partial charge in [0.05, 0.1) is 13.2 Å². The molecule has 7 nitrogen and oxygen atoms in total. The number of hydrogen-bond donors (Lipinski definition) is 2. The second kappa shape index (κ2) is 9.39. The van der Waals surface area contributed by atoms with Gasteiger partial charge in [0.15, 0.2) is 0 Å². The summed E-state index contributed by atoms with van der Waals surface area (Å²) in [5, 5.41) is 5.91. The molecule has 0 atom stereocenters. The number of morpholine rings is 1. The number of amides is 3. The van der Waals surface area contributed by atoms with Crippen molar-refractivity contribution in [3.05, 3.63) is 35.4 Å². The molecule has 3 amide bonds. The van der Waals surface area contributed by atoms with E-state index in [2.05, 4.69) is 35.4 Å². The minimum Gasteiger partial charge on any atom is -0.379 e. The maximum atomic E-state index is 12.2. The molecule has 2 aliphatic heterocycles. The predicted molar refractivity (Wildman–Crippen MR) is 108 cm³/mol. The summed E-state index contributed by atoms with van der Waals surface area (Å²) in [6, 6.07) is 7.89. The van der Waals surface area contributed by atoms with Gasteiger partial charge in [-0.05, 0) is 31.4 Å². The highest BCUT2D eigenvalue weighted by Gasteiger charge is 2.28. The lowest BCUT2D eigenvalue weighted by molar-refractivity contribution is -0.128. The van der Waals surface area contributed by atoms with E-state index in [1.165, 1.54) is 0 Å². The van der Waals surface area contributed by atoms with E-state index in [-0.39, 0.29) is 17.5 Å². The fraction of sp³-hybridized carbons (Fsp3) is 0.619. The normalized spacial score (nSPS) is 18.4. The SMILES string of the molecule is CC(C)(CNC(=O)NCc1cccc(CN2CCCC2=O)c1)N1CCOCC1. The molecule has 1 aromatic rings. The molecule has 0 unspecified atom stereocenters. The van der Waals surface area contributed by atoms with Crippen LogP contribution in [0.15, 0.2) is 24.3 Å². The van der Waals surface area contributed by atoms with Gasteiger partial charge < -0.3 is 20.3 Å². The van der Waals surface area contributed by atoms with Crippen LogP contribution in [0.4, 0.5) is 4.79 Å². The van der Waals surface area contributed by atoms with Crippen LogP contribution in [0.5, 0.6) is 0 Å². The third-order valence-corrected chi connectivity index (χ3v) is 5.54. The Bertz CT molecular complexity index is 686. The Balaban J connectivity index is 1.44. The Morgan fingerprint density at radius 1 is 1.14 bits per heavy atom. The molecule has 2 heterocycles. The predicted octanol–water partition coefficient (Wildman–Crippen LogP) is 1.72. The molecular formula is C21H32N4O3. The van der Waals surface area contributed by atoms with E-state index in [0.717, 1.165) is 50.4 Å². The quantitative estimate of drug-likeness (QED) is 0.746. The molecule has 2 fully saturated rings. The molecule has 2 saturated heterocycles. The smallest absolute Gasteiger partial charge is 0.315 e. The number of ether oxygens (including phenoxy) is 1. The Labute approximate surface area is 167 Å². The molecule has 0 aliphatic carbocycles. The fourth-order valence-electron chi connectivity index (χ4n) is 3.75. The van der Waals surface area contributed by atoms with Gasteiger partial charge in [-0.15, -0.1) is 0 Å². The zero-order valence-corrected chi connectivity index (χ0v) is 17.0. The van der Waals surface area contributed by atoms with Gasteiger partial charge in [-0.1, -0.05) is 24.3 Å². The molecule has 1 aromatic carbocycles. The number of likely N-dealkylation sites (tertiary alicyclic amines) is 1. The van der Waals surface area contributed by atoms with Crippen LogP contribution >= 0.6 is 0 Å². The standard InChI is InChI=1S/C21H32N4O3/c1-21(2,25-9-11-28-12-10-25)16-23-20(27)22-14-17-5-3-6-18(13-17)15-24-8-4-7-19(24)26/h3,5-6,13H,4,7-12,14-16H2,1-2H3,(H2,22,23,27). The molecule has 154 valence electrons. The first-order valence-corrected chi connectivity index (χ1v) is 10.1. The van der Waals surface area contributed by atoms with Crippen molar-refractivity contribution in [2.75, 3.05) is 39.4 Å². The number of hydrogen-bond acceptors (Lipinski definition) is 4. The number of nitrogens with zero attached hydrogens (tertiary/aromatic N) is 2. The molecule has 3 rings (SSSR count). The first-order valence-electron chi connectivity index (χ1n) is 10.1. The Morgan fingerprint density at radius 3 is 2.61 bits per heavy atom. The lowest BCUT2D eigenvalue weighted by atomic mass is 10.0. The number of carbonyl (C=O) groups excluding carboxylic acids is 2. The van der Waals surface area contributed by atoms with Crippen LogP contribution < -0.4 is 10.6 Å². The summed E-state index contributed by atoms with van der Waals surface area (Å²) in [6.07, 6.45) is 1.60. The van der Waals surface area contributed by atoms with E-state index in [9.17, 15) is 9.59 Å². The Morgan fingerprint density at radius 2 is 1.89 bits per heavy atom. The minimum atomic E-state index is -0.165. The van der Waals surface area contributed by atoms with Crippen LogP contribution in [0, 0.1) is 0 Å². The lowest BCUT2D eigenvalue weighted by Crippen LogP contribution is -2.56.